The van der Waals surface area contributed by atoms with Crippen molar-refractivity contribution in [1.82, 2.24) is 0 Å². The molecule has 1 aliphatic heterocycles. The summed E-state index contributed by atoms with van der Waals surface area (Å²) >= 11 is 11.4. The third kappa shape index (κ3) is 1.80. The van der Waals surface area contributed by atoms with Crippen molar-refractivity contribution in [3.63, 3.8) is 0 Å². The highest BCUT2D eigenvalue weighted by Crippen LogP contribution is 2.64. The minimum absolute atomic E-state index is 0.109. The first-order valence-corrected chi connectivity index (χ1v) is 9.65. The average molecular weight is 414 g/mol. The van der Waals surface area contributed by atoms with Crippen LogP contribution >= 0.6 is 55.4 Å². The van der Waals surface area contributed by atoms with Gasteiger partial charge in [-0.05, 0) is 46.5 Å². The zero-order valence-corrected chi connectivity index (χ0v) is 14.8. The summed E-state index contributed by atoms with van der Waals surface area (Å²) in [6.07, 6.45) is 0. The number of benzene rings is 2. The Hall–Kier alpha value is 0.1000. The van der Waals surface area contributed by atoms with E-state index in [-0.39, 0.29) is 4.08 Å². The lowest BCUT2D eigenvalue weighted by Gasteiger charge is -2.24. The minimum atomic E-state index is 0.109. The number of rotatable bonds is 0. The maximum absolute atomic E-state index is 3.63. The molecule has 19 heavy (non-hydrogen) atoms. The Bertz CT molecular complexity index is 622. The predicted molar refractivity (Wildman–Crippen MR) is 93.0 cm³/mol. The molecule has 0 aromatic heterocycles. The van der Waals surface area contributed by atoms with Crippen molar-refractivity contribution in [3.05, 3.63) is 56.5 Å². The molecule has 2 aromatic rings. The third-order valence-corrected chi connectivity index (χ3v) is 8.12. The fraction of sp³-hybridized carbons (Fsp3) is 0.200. The first-order chi connectivity index (χ1) is 9.21. The van der Waals surface area contributed by atoms with Gasteiger partial charge in [0.15, 0.2) is 0 Å². The maximum atomic E-state index is 3.63. The van der Waals surface area contributed by atoms with E-state index in [9.17, 15) is 0 Å². The lowest BCUT2D eigenvalue weighted by molar-refractivity contribution is 1.13. The van der Waals surface area contributed by atoms with E-state index >= 15 is 0 Å². The zero-order valence-electron chi connectivity index (χ0n) is 9.95. The molecule has 0 saturated carbocycles. The summed E-state index contributed by atoms with van der Waals surface area (Å²) in [4.78, 5) is 0. The summed E-state index contributed by atoms with van der Waals surface area (Å²) in [5.41, 5.74) is 5.71. The molecular formula is C15H10Br2S2. The van der Waals surface area contributed by atoms with Crippen molar-refractivity contribution < 1.29 is 0 Å². The Balaban J connectivity index is 2.07. The van der Waals surface area contributed by atoms with Crippen LogP contribution in [0, 0.1) is 0 Å². The first kappa shape index (κ1) is 12.8. The van der Waals surface area contributed by atoms with Gasteiger partial charge in [0.25, 0.3) is 0 Å². The van der Waals surface area contributed by atoms with Gasteiger partial charge in [-0.3, -0.25) is 0 Å². The van der Waals surface area contributed by atoms with Crippen LogP contribution in [0.2, 0.25) is 0 Å². The van der Waals surface area contributed by atoms with Gasteiger partial charge in [0.05, 0.1) is 0 Å². The van der Waals surface area contributed by atoms with Crippen LogP contribution in [-0.4, -0.2) is 11.5 Å². The van der Waals surface area contributed by atoms with Crippen molar-refractivity contribution in [2.75, 3.05) is 11.5 Å². The smallest absolute Gasteiger partial charge is 0.113 e. The van der Waals surface area contributed by atoms with Gasteiger partial charge < -0.3 is 0 Å². The van der Waals surface area contributed by atoms with Crippen molar-refractivity contribution in [2.45, 2.75) is 4.08 Å². The van der Waals surface area contributed by atoms with E-state index in [2.05, 4.69) is 91.8 Å². The summed E-state index contributed by atoms with van der Waals surface area (Å²) in [6.45, 7) is 0. The van der Waals surface area contributed by atoms with E-state index in [1.165, 1.54) is 42.7 Å². The predicted octanol–water partition coefficient (Wildman–Crippen LogP) is 5.87. The van der Waals surface area contributed by atoms with E-state index in [1.807, 2.05) is 0 Å². The molecule has 1 aliphatic carbocycles. The molecule has 2 aromatic carbocycles. The van der Waals surface area contributed by atoms with Crippen LogP contribution in [0.15, 0.2) is 45.3 Å². The van der Waals surface area contributed by atoms with Crippen LogP contribution in [0.3, 0.4) is 0 Å². The molecule has 0 N–H and O–H groups in total. The van der Waals surface area contributed by atoms with Gasteiger partial charge in [-0.15, -0.1) is 23.5 Å². The van der Waals surface area contributed by atoms with Gasteiger partial charge in [0.1, 0.15) is 4.08 Å². The second kappa shape index (κ2) is 4.55. The first-order valence-electron chi connectivity index (χ1n) is 6.09. The summed E-state index contributed by atoms with van der Waals surface area (Å²) < 4.78 is 2.45. The Kier molecular flexibility index (Phi) is 3.07. The molecule has 0 nitrogen and oxygen atoms in total. The molecule has 4 heteroatoms. The van der Waals surface area contributed by atoms with Gasteiger partial charge in [0.2, 0.25) is 0 Å². The van der Waals surface area contributed by atoms with Crippen LogP contribution in [0.25, 0.3) is 11.1 Å². The minimum Gasteiger partial charge on any atom is -0.134 e. The molecule has 4 rings (SSSR count). The number of hydrogen-bond donors (Lipinski definition) is 0. The molecule has 1 spiro atoms. The van der Waals surface area contributed by atoms with Crippen LogP contribution in [0.5, 0.6) is 0 Å². The van der Waals surface area contributed by atoms with Gasteiger partial charge in [0, 0.05) is 20.5 Å². The number of hydrogen-bond acceptors (Lipinski definition) is 2. The zero-order chi connectivity index (χ0) is 13.0. The fourth-order valence-corrected chi connectivity index (χ4v) is 7.01. The summed E-state index contributed by atoms with van der Waals surface area (Å²) in [5, 5.41) is 0. The summed E-state index contributed by atoms with van der Waals surface area (Å²) in [5.74, 6) is 2.45. The normalized spacial score (nSPS) is 18.6. The van der Waals surface area contributed by atoms with Crippen molar-refractivity contribution in [1.29, 1.82) is 0 Å². The maximum Gasteiger partial charge on any atom is 0.113 e. The van der Waals surface area contributed by atoms with E-state index in [0.29, 0.717) is 0 Å². The quantitative estimate of drug-likeness (QED) is 0.529. The van der Waals surface area contributed by atoms with E-state index in [1.54, 1.807) is 0 Å². The Morgan fingerprint density at radius 3 is 1.74 bits per heavy atom. The van der Waals surface area contributed by atoms with Gasteiger partial charge in [-0.25, -0.2) is 0 Å². The molecule has 2 aliphatic rings. The second-order valence-electron chi connectivity index (χ2n) is 4.69. The topological polar surface area (TPSA) is 0 Å². The molecular weight excluding hydrogens is 404 g/mol. The van der Waals surface area contributed by atoms with Crippen LogP contribution in [-0.2, 0) is 4.08 Å². The van der Waals surface area contributed by atoms with Crippen molar-refractivity contribution in [3.8, 4) is 11.1 Å². The third-order valence-electron chi connectivity index (χ3n) is 3.66. The molecule has 0 atom stereocenters. The van der Waals surface area contributed by atoms with Crippen LogP contribution in [0.4, 0.5) is 0 Å². The fourth-order valence-electron chi connectivity index (χ4n) is 2.92. The van der Waals surface area contributed by atoms with Gasteiger partial charge >= 0.3 is 0 Å². The monoisotopic (exact) mass is 412 g/mol. The highest BCUT2D eigenvalue weighted by Gasteiger charge is 2.46. The van der Waals surface area contributed by atoms with Gasteiger partial charge in [-0.1, -0.05) is 44.0 Å². The Morgan fingerprint density at radius 2 is 1.26 bits per heavy atom. The highest BCUT2D eigenvalue weighted by atomic mass is 79.9. The second-order valence-corrected chi connectivity index (χ2v) is 9.40. The van der Waals surface area contributed by atoms with Crippen molar-refractivity contribution in [2.24, 2.45) is 0 Å². The Labute approximate surface area is 138 Å². The molecule has 0 amide bonds. The lowest BCUT2D eigenvalue weighted by atomic mass is 10.1. The van der Waals surface area contributed by atoms with Crippen molar-refractivity contribution >= 4 is 55.4 Å². The van der Waals surface area contributed by atoms with Crippen LogP contribution in [0.1, 0.15) is 11.1 Å². The molecule has 0 bridgehead atoms. The standard InChI is InChI=1S/C15H10Br2S2/c16-9-1-3-11-12-4-2-10(17)8-14(12)15(13(11)7-9)18-5-6-19-15/h1-4,7-8H,5-6H2. The number of thioether (sulfide) groups is 2. The molecule has 96 valence electrons. The molecule has 0 unspecified atom stereocenters. The number of fused-ring (bicyclic) bond motifs is 5. The van der Waals surface area contributed by atoms with E-state index in [4.69, 9.17) is 0 Å². The number of halogens is 2. The average Bonchev–Trinajstić information content (AvgIpc) is 2.97. The molecule has 1 heterocycles. The summed E-state index contributed by atoms with van der Waals surface area (Å²) in [7, 11) is 0. The largest absolute Gasteiger partial charge is 0.134 e. The SMILES string of the molecule is Brc1ccc2c(c1)C1(SCCS1)c1cc(Br)ccc1-2. The lowest BCUT2D eigenvalue weighted by Crippen LogP contribution is -2.12. The highest BCUT2D eigenvalue weighted by molar-refractivity contribution is 9.10. The molecule has 0 radical (unpaired) electrons. The molecule has 1 saturated heterocycles. The van der Waals surface area contributed by atoms with Crippen LogP contribution < -0.4 is 0 Å². The molecule has 1 fully saturated rings. The van der Waals surface area contributed by atoms with E-state index < -0.39 is 0 Å². The van der Waals surface area contributed by atoms with Gasteiger partial charge in [-0.2, -0.15) is 0 Å². The summed E-state index contributed by atoms with van der Waals surface area (Å²) in [6, 6.07) is 13.4. The Morgan fingerprint density at radius 1 is 0.789 bits per heavy atom. The van der Waals surface area contributed by atoms with E-state index in [0.717, 1.165) is 0 Å².